The van der Waals surface area contributed by atoms with Crippen molar-refractivity contribution >= 4 is 11.6 Å². The molecule has 2 aliphatic rings. The predicted octanol–water partition coefficient (Wildman–Crippen LogP) is 3.52. The van der Waals surface area contributed by atoms with E-state index < -0.39 is 11.7 Å². The molecule has 3 nitrogen and oxygen atoms in total. The van der Waals surface area contributed by atoms with Crippen LogP contribution in [-0.2, 0) is 6.18 Å². The summed E-state index contributed by atoms with van der Waals surface area (Å²) >= 11 is 0. The minimum absolute atomic E-state index is 0.274. The van der Waals surface area contributed by atoms with Crippen molar-refractivity contribution in [1.29, 1.82) is 0 Å². The van der Waals surface area contributed by atoms with Crippen LogP contribution in [0.3, 0.4) is 0 Å². The minimum atomic E-state index is -4.34. The van der Waals surface area contributed by atoms with Crippen LogP contribution in [0.2, 0.25) is 0 Å². The number of anilines is 2. The SMILES string of the molecule is CNc1cc(C(F)(F)F)cc(N(CC2CC2)C2CC2)n1. The summed E-state index contributed by atoms with van der Waals surface area (Å²) in [5.41, 5.74) is -0.631. The van der Waals surface area contributed by atoms with E-state index >= 15 is 0 Å². The van der Waals surface area contributed by atoms with Gasteiger partial charge in [0.05, 0.1) is 5.56 Å². The van der Waals surface area contributed by atoms with Crippen LogP contribution in [-0.4, -0.2) is 24.6 Å². The lowest BCUT2D eigenvalue weighted by molar-refractivity contribution is -0.137. The minimum Gasteiger partial charge on any atom is -0.373 e. The Labute approximate surface area is 116 Å². The molecular formula is C14H18F3N3. The standard InChI is InChI=1S/C14H18F3N3/c1-18-12-6-10(14(15,16)17)7-13(19-12)20(11-4-5-11)8-9-2-3-9/h6-7,9,11H,2-5,8H2,1H3,(H,18,19). The maximum absolute atomic E-state index is 13.0. The first kappa shape index (κ1) is 13.5. The second-order valence-corrected chi connectivity index (χ2v) is 5.67. The van der Waals surface area contributed by atoms with Gasteiger partial charge < -0.3 is 10.2 Å². The average Bonchev–Trinajstić information content (AvgIpc) is 3.26. The highest BCUT2D eigenvalue weighted by Crippen LogP contribution is 2.39. The van der Waals surface area contributed by atoms with E-state index in [9.17, 15) is 13.2 Å². The zero-order valence-electron chi connectivity index (χ0n) is 11.4. The van der Waals surface area contributed by atoms with Crippen molar-refractivity contribution in [3.05, 3.63) is 17.7 Å². The fourth-order valence-corrected chi connectivity index (χ4v) is 2.35. The molecular weight excluding hydrogens is 267 g/mol. The fraction of sp³-hybridized carbons (Fsp3) is 0.643. The number of rotatable bonds is 5. The first-order valence-electron chi connectivity index (χ1n) is 7.01. The number of nitrogens with one attached hydrogen (secondary N) is 1. The molecule has 110 valence electrons. The summed E-state index contributed by atoms with van der Waals surface area (Å²) in [6, 6.07) is 2.61. The molecule has 20 heavy (non-hydrogen) atoms. The first-order chi connectivity index (χ1) is 9.47. The van der Waals surface area contributed by atoms with Gasteiger partial charge in [-0.3, -0.25) is 0 Å². The van der Waals surface area contributed by atoms with Gasteiger partial charge in [-0.25, -0.2) is 4.98 Å². The molecule has 3 rings (SSSR count). The van der Waals surface area contributed by atoms with Crippen molar-refractivity contribution in [3.63, 3.8) is 0 Å². The molecule has 2 aliphatic carbocycles. The first-order valence-corrected chi connectivity index (χ1v) is 7.01. The maximum Gasteiger partial charge on any atom is 0.416 e. The van der Waals surface area contributed by atoms with E-state index in [0.717, 1.165) is 25.5 Å². The smallest absolute Gasteiger partial charge is 0.373 e. The third-order valence-corrected chi connectivity index (χ3v) is 3.83. The van der Waals surface area contributed by atoms with Crippen LogP contribution in [0.4, 0.5) is 24.8 Å². The lowest BCUT2D eigenvalue weighted by Gasteiger charge is -2.25. The molecule has 0 saturated heterocycles. The Morgan fingerprint density at radius 2 is 1.95 bits per heavy atom. The van der Waals surface area contributed by atoms with Crippen molar-refractivity contribution in [3.8, 4) is 0 Å². The Morgan fingerprint density at radius 1 is 1.25 bits per heavy atom. The molecule has 6 heteroatoms. The normalized spacial score (nSPS) is 19.0. The van der Waals surface area contributed by atoms with Gasteiger partial charge in [0, 0.05) is 19.6 Å². The number of nitrogens with zero attached hydrogens (tertiary/aromatic N) is 2. The number of hydrogen-bond donors (Lipinski definition) is 1. The Bertz CT molecular complexity index is 493. The van der Waals surface area contributed by atoms with E-state index in [2.05, 4.69) is 15.2 Å². The molecule has 1 aromatic rings. The van der Waals surface area contributed by atoms with Gasteiger partial charge in [-0.15, -0.1) is 0 Å². The second-order valence-electron chi connectivity index (χ2n) is 5.67. The largest absolute Gasteiger partial charge is 0.416 e. The number of pyridine rings is 1. The van der Waals surface area contributed by atoms with Crippen LogP contribution in [0.1, 0.15) is 31.2 Å². The van der Waals surface area contributed by atoms with E-state index in [1.807, 2.05) is 0 Å². The van der Waals surface area contributed by atoms with Crippen molar-refractivity contribution < 1.29 is 13.2 Å². The van der Waals surface area contributed by atoms with Crippen molar-refractivity contribution in [2.75, 3.05) is 23.8 Å². The molecule has 2 saturated carbocycles. The molecule has 1 aromatic heterocycles. The third kappa shape index (κ3) is 2.99. The van der Waals surface area contributed by atoms with Crippen LogP contribution < -0.4 is 10.2 Å². The average molecular weight is 285 g/mol. The second kappa shape index (κ2) is 4.82. The van der Waals surface area contributed by atoms with E-state index in [4.69, 9.17) is 0 Å². The maximum atomic E-state index is 13.0. The van der Waals surface area contributed by atoms with Crippen LogP contribution in [0.25, 0.3) is 0 Å². The van der Waals surface area contributed by atoms with Gasteiger partial charge in [-0.05, 0) is 43.7 Å². The van der Waals surface area contributed by atoms with E-state index in [1.165, 1.54) is 18.9 Å². The summed E-state index contributed by atoms with van der Waals surface area (Å²) in [5.74, 6) is 1.36. The van der Waals surface area contributed by atoms with E-state index in [1.54, 1.807) is 7.05 Å². The van der Waals surface area contributed by atoms with E-state index in [-0.39, 0.29) is 5.82 Å². The molecule has 1 heterocycles. The number of alkyl halides is 3. The Hall–Kier alpha value is -1.46. The molecule has 0 aliphatic heterocycles. The van der Waals surface area contributed by atoms with Crippen LogP contribution in [0, 0.1) is 5.92 Å². The summed E-state index contributed by atoms with van der Waals surface area (Å²) < 4.78 is 38.9. The monoisotopic (exact) mass is 285 g/mol. The zero-order valence-corrected chi connectivity index (χ0v) is 11.4. The Balaban J connectivity index is 1.92. The number of halogens is 3. The number of aromatic nitrogens is 1. The van der Waals surface area contributed by atoms with Crippen LogP contribution >= 0.6 is 0 Å². The quantitative estimate of drug-likeness (QED) is 0.897. The molecule has 0 spiro atoms. The highest BCUT2D eigenvalue weighted by atomic mass is 19.4. The summed E-state index contributed by atoms with van der Waals surface area (Å²) in [6.07, 6.45) is 0.138. The molecule has 0 radical (unpaired) electrons. The lowest BCUT2D eigenvalue weighted by atomic mass is 10.2. The molecule has 1 N–H and O–H groups in total. The zero-order chi connectivity index (χ0) is 14.3. The summed E-state index contributed by atoms with van der Waals surface area (Å²) in [7, 11) is 1.59. The molecule has 0 amide bonds. The molecule has 0 aromatic carbocycles. The van der Waals surface area contributed by atoms with Crippen molar-refractivity contribution in [1.82, 2.24) is 4.98 Å². The number of hydrogen-bond acceptors (Lipinski definition) is 3. The topological polar surface area (TPSA) is 28.2 Å². The summed E-state index contributed by atoms with van der Waals surface area (Å²) in [4.78, 5) is 6.39. The van der Waals surface area contributed by atoms with Crippen LogP contribution in [0.15, 0.2) is 12.1 Å². The van der Waals surface area contributed by atoms with Crippen LogP contribution in [0.5, 0.6) is 0 Å². The van der Waals surface area contributed by atoms with Gasteiger partial charge in [0.2, 0.25) is 0 Å². The summed E-state index contributed by atoms with van der Waals surface area (Å²) in [5, 5.41) is 2.73. The lowest BCUT2D eigenvalue weighted by Crippen LogP contribution is -2.29. The highest BCUT2D eigenvalue weighted by molar-refractivity contribution is 5.52. The Morgan fingerprint density at radius 3 is 2.45 bits per heavy atom. The summed E-state index contributed by atoms with van der Waals surface area (Å²) in [6.45, 7) is 0.835. The highest BCUT2D eigenvalue weighted by Gasteiger charge is 2.37. The van der Waals surface area contributed by atoms with Gasteiger partial charge in [0.25, 0.3) is 0 Å². The van der Waals surface area contributed by atoms with Crippen molar-refractivity contribution in [2.24, 2.45) is 5.92 Å². The van der Waals surface area contributed by atoms with Gasteiger partial charge in [0.1, 0.15) is 11.6 Å². The predicted molar refractivity (Wildman–Crippen MR) is 71.9 cm³/mol. The molecule has 2 fully saturated rings. The Kier molecular flexibility index (Phi) is 3.26. The van der Waals surface area contributed by atoms with Gasteiger partial charge in [-0.2, -0.15) is 13.2 Å². The molecule has 0 unspecified atom stereocenters. The third-order valence-electron chi connectivity index (χ3n) is 3.83. The van der Waals surface area contributed by atoms with Crippen molar-refractivity contribution in [2.45, 2.75) is 37.9 Å². The molecule has 0 bridgehead atoms. The van der Waals surface area contributed by atoms with Gasteiger partial charge in [0.15, 0.2) is 0 Å². The molecule has 0 atom stereocenters. The van der Waals surface area contributed by atoms with Gasteiger partial charge in [-0.1, -0.05) is 0 Å². The van der Waals surface area contributed by atoms with E-state index in [0.29, 0.717) is 17.8 Å². The van der Waals surface area contributed by atoms with Gasteiger partial charge >= 0.3 is 6.18 Å². The fourth-order valence-electron chi connectivity index (χ4n) is 2.35.